The molecule has 0 spiro atoms. The Bertz CT molecular complexity index is 1500. The molecule has 0 saturated heterocycles. The fourth-order valence-corrected chi connectivity index (χ4v) is 4.18. The van der Waals surface area contributed by atoms with Crippen molar-refractivity contribution in [3.8, 4) is 23.0 Å². The van der Waals surface area contributed by atoms with Crippen LogP contribution in [0.4, 0.5) is 5.69 Å². The van der Waals surface area contributed by atoms with E-state index in [1.165, 1.54) is 42.5 Å². The maximum Gasteiger partial charge on any atom is 0.331 e. The van der Waals surface area contributed by atoms with Crippen molar-refractivity contribution in [1.82, 2.24) is 5.32 Å². The number of esters is 1. The van der Waals surface area contributed by atoms with Crippen LogP contribution in [0.15, 0.2) is 71.7 Å². The quantitative estimate of drug-likeness (QED) is 0.126. The summed E-state index contributed by atoms with van der Waals surface area (Å²) in [6, 6.07) is 13.6. The number of rotatable bonds is 10. The van der Waals surface area contributed by atoms with Crippen LogP contribution < -0.4 is 5.32 Å². The molecular weight excluding hydrogens is 520 g/mol. The average molecular weight is 547 g/mol. The number of phenolic OH excluding ortho intramolecular Hbond substituents is 4. The molecule has 3 aromatic carbocycles. The minimum atomic E-state index is -1.50. The monoisotopic (exact) mass is 546 g/mol. The summed E-state index contributed by atoms with van der Waals surface area (Å²) in [5, 5.41) is 50.8. The van der Waals surface area contributed by atoms with Crippen molar-refractivity contribution in [3.63, 3.8) is 0 Å². The summed E-state index contributed by atoms with van der Waals surface area (Å²) in [6.07, 6.45) is 2.18. The summed E-state index contributed by atoms with van der Waals surface area (Å²) in [5.41, 5.74) is 2.24. The molecule has 2 unspecified atom stereocenters. The van der Waals surface area contributed by atoms with Crippen molar-refractivity contribution in [2.75, 3.05) is 0 Å². The number of carbonyl (C=O) groups excluding carboxylic acids is 2. The standard InChI is InChI=1S/C29H26N2O9/c32-22-8-5-16(11-24(22)34)7-10-27(36)40-26(13-17-6-9-23(33)25(35)12-17)28(37)31-21(29(38)39)14-18-15-30-20-4-2-1-3-19(18)20/h1-12,15,18,21,26,32-35H,13-14H2,(H,31,37)(H,38,39)/b10-7+/t18?,21?,26-/m1/s1. The van der Waals surface area contributed by atoms with E-state index in [1.807, 2.05) is 18.2 Å². The molecule has 4 rings (SSSR count). The lowest BCUT2D eigenvalue weighted by atomic mass is 9.93. The van der Waals surface area contributed by atoms with Crippen LogP contribution in [0, 0.1) is 0 Å². The first-order valence-corrected chi connectivity index (χ1v) is 12.2. The zero-order chi connectivity index (χ0) is 28.8. The van der Waals surface area contributed by atoms with E-state index in [0.717, 1.165) is 17.3 Å². The summed E-state index contributed by atoms with van der Waals surface area (Å²) in [7, 11) is 0. The van der Waals surface area contributed by atoms with Gasteiger partial charge in [-0.15, -0.1) is 0 Å². The second-order valence-electron chi connectivity index (χ2n) is 9.11. The number of benzene rings is 3. The largest absolute Gasteiger partial charge is 0.504 e. The second-order valence-corrected chi connectivity index (χ2v) is 9.11. The molecule has 6 N–H and O–H groups in total. The van der Waals surface area contributed by atoms with E-state index < -0.39 is 41.5 Å². The Labute approximate surface area is 228 Å². The number of nitrogens with zero attached hydrogens (tertiary/aromatic N) is 1. The number of carboxylic acid groups (broad SMARTS) is 1. The highest BCUT2D eigenvalue weighted by Gasteiger charge is 2.31. The van der Waals surface area contributed by atoms with Crippen LogP contribution in [-0.2, 0) is 25.5 Å². The van der Waals surface area contributed by atoms with Gasteiger partial charge in [0.05, 0.1) is 5.69 Å². The molecule has 11 heteroatoms. The van der Waals surface area contributed by atoms with Gasteiger partial charge in [0.25, 0.3) is 5.91 Å². The van der Waals surface area contributed by atoms with E-state index in [0.29, 0.717) is 11.1 Å². The van der Waals surface area contributed by atoms with Crippen LogP contribution >= 0.6 is 0 Å². The lowest BCUT2D eigenvalue weighted by Crippen LogP contribution is -2.48. The highest BCUT2D eigenvalue weighted by Crippen LogP contribution is 2.34. The van der Waals surface area contributed by atoms with E-state index in [1.54, 1.807) is 12.3 Å². The van der Waals surface area contributed by atoms with Gasteiger partial charge in [-0.3, -0.25) is 9.79 Å². The van der Waals surface area contributed by atoms with Gasteiger partial charge in [-0.1, -0.05) is 30.3 Å². The lowest BCUT2D eigenvalue weighted by molar-refractivity contribution is -0.152. The predicted molar refractivity (Wildman–Crippen MR) is 144 cm³/mol. The molecule has 0 saturated carbocycles. The van der Waals surface area contributed by atoms with Gasteiger partial charge in [0, 0.05) is 24.6 Å². The van der Waals surface area contributed by atoms with Gasteiger partial charge in [-0.2, -0.15) is 0 Å². The van der Waals surface area contributed by atoms with Crippen molar-refractivity contribution < 1.29 is 44.7 Å². The first-order valence-electron chi connectivity index (χ1n) is 12.2. The number of fused-ring (bicyclic) bond motifs is 1. The number of aliphatic carboxylic acids is 1. The molecule has 0 aliphatic carbocycles. The molecular formula is C29H26N2O9. The number of para-hydroxylation sites is 1. The molecule has 1 amide bonds. The normalized spacial score (nSPS) is 15.3. The zero-order valence-electron chi connectivity index (χ0n) is 21.0. The lowest BCUT2D eigenvalue weighted by Gasteiger charge is -2.22. The third kappa shape index (κ3) is 6.76. The molecule has 0 bridgehead atoms. The molecule has 1 aliphatic rings. The Kier molecular flexibility index (Phi) is 8.33. The first kappa shape index (κ1) is 27.7. The molecule has 206 valence electrons. The third-order valence-electron chi connectivity index (χ3n) is 6.26. The van der Waals surface area contributed by atoms with Gasteiger partial charge in [-0.05, 0) is 59.5 Å². The summed E-state index contributed by atoms with van der Waals surface area (Å²) >= 11 is 0. The van der Waals surface area contributed by atoms with Crippen LogP contribution in [0.2, 0.25) is 0 Å². The number of amides is 1. The van der Waals surface area contributed by atoms with Gasteiger partial charge in [0.15, 0.2) is 29.1 Å². The number of phenols is 4. The van der Waals surface area contributed by atoms with E-state index >= 15 is 0 Å². The summed E-state index contributed by atoms with van der Waals surface area (Å²) < 4.78 is 5.36. The molecule has 1 aliphatic heterocycles. The number of carbonyl (C=O) groups is 3. The highest BCUT2D eigenvalue weighted by atomic mass is 16.5. The Morgan fingerprint density at radius 3 is 2.33 bits per heavy atom. The smallest absolute Gasteiger partial charge is 0.331 e. The van der Waals surface area contributed by atoms with E-state index in [-0.39, 0.29) is 30.3 Å². The Balaban J connectivity index is 1.51. The minimum Gasteiger partial charge on any atom is -0.504 e. The maximum atomic E-state index is 13.2. The van der Waals surface area contributed by atoms with Crippen molar-refractivity contribution in [1.29, 1.82) is 0 Å². The maximum absolute atomic E-state index is 13.2. The minimum absolute atomic E-state index is 0.00645. The fourth-order valence-electron chi connectivity index (χ4n) is 4.18. The second kappa shape index (κ2) is 12.0. The van der Waals surface area contributed by atoms with Crippen LogP contribution in [0.3, 0.4) is 0 Å². The molecule has 0 radical (unpaired) electrons. The number of aromatic hydroxyl groups is 4. The predicted octanol–water partition coefficient (Wildman–Crippen LogP) is 3.14. The number of hydrogen-bond donors (Lipinski definition) is 6. The number of hydrogen-bond acceptors (Lipinski definition) is 9. The highest BCUT2D eigenvalue weighted by molar-refractivity contribution is 5.92. The van der Waals surface area contributed by atoms with Gasteiger partial charge in [0.2, 0.25) is 0 Å². The molecule has 40 heavy (non-hydrogen) atoms. The molecule has 1 heterocycles. The topological polar surface area (TPSA) is 186 Å². The van der Waals surface area contributed by atoms with Gasteiger partial charge in [-0.25, -0.2) is 9.59 Å². The molecule has 0 fully saturated rings. The van der Waals surface area contributed by atoms with Crippen molar-refractivity contribution in [2.24, 2.45) is 4.99 Å². The first-order chi connectivity index (χ1) is 19.1. The number of carboxylic acids is 1. The van der Waals surface area contributed by atoms with Crippen LogP contribution in [0.1, 0.15) is 29.0 Å². The van der Waals surface area contributed by atoms with Crippen LogP contribution in [-0.4, -0.2) is 61.7 Å². The number of aliphatic imine (C=N–C) groups is 1. The van der Waals surface area contributed by atoms with E-state index in [2.05, 4.69) is 10.3 Å². The average Bonchev–Trinajstić information content (AvgIpc) is 3.33. The zero-order valence-corrected chi connectivity index (χ0v) is 21.0. The van der Waals surface area contributed by atoms with Crippen LogP contribution in [0.5, 0.6) is 23.0 Å². The molecule has 3 atom stereocenters. The van der Waals surface area contributed by atoms with E-state index in [4.69, 9.17) is 4.74 Å². The molecule has 3 aromatic rings. The SMILES string of the molecule is O=C(/C=C/c1ccc(O)c(O)c1)O[C@H](Cc1ccc(O)c(O)c1)C(=O)NC(CC1C=Nc2ccccc21)C(=O)O. The Morgan fingerprint density at radius 1 is 0.925 bits per heavy atom. The number of ether oxygens (including phenoxy) is 1. The summed E-state index contributed by atoms with van der Waals surface area (Å²) in [4.78, 5) is 42.2. The van der Waals surface area contributed by atoms with Gasteiger partial charge in [0.1, 0.15) is 6.04 Å². The van der Waals surface area contributed by atoms with Gasteiger partial charge < -0.3 is 35.6 Å². The Hall–Kier alpha value is -5.32. The molecule has 0 aromatic heterocycles. The van der Waals surface area contributed by atoms with Crippen molar-refractivity contribution in [2.45, 2.75) is 30.9 Å². The van der Waals surface area contributed by atoms with Crippen molar-refractivity contribution >= 4 is 35.8 Å². The third-order valence-corrected chi connectivity index (χ3v) is 6.26. The number of nitrogens with one attached hydrogen (secondary N) is 1. The van der Waals surface area contributed by atoms with Crippen molar-refractivity contribution in [3.05, 3.63) is 83.4 Å². The van der Waals surface area contributed by atoms with Crippen LogP contribution in [0.25, 0.3) is 6.08 Å². The van der Waals surface area contributed by atoms with E-state index in [9.17, 15) is 39.9 Å². The Morgan fingerprint density at radius 2 is 1.62 bits per heavy atom. The fraction of sp³-hybridized carbons (Fsp3) is 0.172. The molecule has 11 nitrogen and oxygen atoms in total. The van der Waals surface area contributed by atoms with Gasteiger partial charge >= 0.3 is 11.9 Å². The summed E-state index contributed by atoms with van der Waals surface area (Å²) in [5.74, 6) is -5.03. The summed E-state index contributed by atoms with van der Waals surface area (Å²) in [6.45, 7) is 0.